The number of aromatic amines is 1. The summed E-state index contributed by atoms with van der Waals surface area (Å²) in [6.07, 6.45) is 3.09. The first kappa shape index (κ1) is 19.2. The number of hydrogen-bond donors (Lipinski definition) is 2. The van der Waals surface area contributed by atoms with E-state index in [0.29, 0.717) is 29.3 Å². The molecule has 0 bridgehead atoms. The lowest BCUT2D eigenvalue weighted by molar-refractivity contribution is 0.0369. The Morgan fingerprint density at radius 3 is 2.78 bits per heavy atom. The van der Waals surface area contributed by atoms with Gasteiger partial charge in [0.1, 0.15) is 11.4 Å². The minimum absolute atomic E-state index is 0.0796. The Morgan fingerprint density at radius 1 is 1.37 bits per heavy atom. The number of primary amides is 1. The zero-order valence-corrected chi connectivity index (χ0v) is 16.1. The molecule has 3 N–H and O–H groups in total. The van der Waals surface area contributed by atoms with Crippen molar-refractivity contribution in [3.05, 3.63) is 29.5 Å². The molecule has 27 heavy (non-hydrogen) atoms. The van der Waals surface area contributed by atoms with Crippen LogP contribution in [0.3, 0.4) is 0 Å². The highest BCUT2D eigenvalue weighted by Crippen LogP contribution is 2.28. The number of nitrogens with zero attached hydrogens (tertiary/aromatic N) is 1. The molecule has 0 spiro atoms. The predicted octanol–water partition coefficient (Wildman–Crippen LogP) is 2.70. The Hall–Kier alpha value is -2.54. The van der Waals surface area contributed by atoms with E-state index in [1.165, 1.54) is 12.8 Å². The number of carbonyl (C=O) groups is 2. The van der Waals surface area contributed by atoms with Crippen molar-refractivity contribution in [3.8, 4) is 5.75 Å². The average Bonchev–Trinajstić information content (AvgIpc) is 3.17. The number of carbonyl (C=O) groups excluding carboxylic acids is 2. The van der Waals surface area contributed by atoms with Gasteiger partial charge in [-0.2, -0.15) is 0 Å². The molecule has 1 aliphatic rings. The van der Waals surface area contributed by atoms with E-state index >= 15 is 0 Å². The van der Waals surface area contributed by atoms with Crippen molar-refractivity contribution in [2.24, 2.45) is 5.73 Å². The van der Waals surface area contributed by atoms with Gasteiger partial charge in [0.25, 0.3) is 5.91 Å². The second-order valence-electron chi connectivity index (χ2n) is 7.31. The van der Waals surface area contributed by atoms with Gasteiger partial charge in [-0.1, -0.05) is 0 Å². The lowest BCUT2D eigenvalue weighted by Crippen LogP contribution is -2.26. The normalized spacial score (nSPS) is 17.6. The Morgan fingerprint density at radius 2 is 2.15 bits per heavy atom. The number of benzene rings is 1. The van der Waals surface area contributed by atoms with Gasteiger partial charge < -0.3 is 25.1 Å². The number of ether oxygens (including phenoxy) is 2. The summed E-state index contributed by atoms with van der Waals surface area (Å²) in [5.41, 5.74) is 6.39. The summed E-state index contributed by atoms with van der Waals surface area (Å²) in [4.78, 5) is 29.6. The van der Waals surface area contributed by atoms with E-state index in [1.807, 2.05) is 6.07 Å². The third-order valence-corrected chi connectivity index (χ3v) is 4.95. The van der Waals surface area contributed by atoms with Crippen LogP contribution >= 0.6 is 0 Å². The fraction of sp³-hybridized carbons (Fsp3) is 0.500. The van der Waals surface area contributed by atoms with E-state index in [0.717, 1.165) is 13.0 Å². The molecule has 2 heterocycles. The Balaban J connectivity index is 1.80. The van der Waals surface area contributed by atoms with E-state index in [-0.39, 0.29) is 17.4 Å². The summed E-state index contributed by atoms with van der Waals surface area (Å²) in [7, 11) is 2.14. The third-order valence-electron chi connectivity index (χ3n) is 4.95. The third kappa shape index (κ3) is 4.24. The Labute approximate surface area is 158 Å². The monoisotopic (exact) mass is 373 g/mol. The predicted molar refractivity (Wildman–Crippen MR) is 103 cm³/mol. The summed E-state index contributed by atoms with van der Waals surface area (Å²) < 4.78 is 11.1. The largest absolute Gasteiger partial charge is 0.494 e. The molecule has 1 fully saturated rings. The van der Waals surface area contributed by atoms with Crippen molar-refractivity contribution in [2.75, 3.05) is 20.2 Å². The lowest BCUT2D eigenvalue weighted by Gasteiger charge is -2.19. The first-order chi connectivity index (χ1) is 12.9. The number of fused-ring (bicyclic) bond motifs is 1. The van der Waals surface area contributed by atoms with E-state index in [2.05, 4.69) is 16.9 Å². The molecule has 146 valence electrons. The molecular weight excluding hydrogens is 346 g/mol. The highest BCUT2D eigenvalue weighted by Gasteiger charge is 2.24. The number of aromatic nitrogens is 1. The highest BCUT2D eigenvalue weighted by atomic mass is 16.5. The second kappa shape index (κ2) is 8.00. The summed E-state index contributed by atoms with van der Waals surface area (Å²) in [5.74, 6) is -0.628. The molecule has 3 rings (SSSR count). The van der Waals surface area contributed by atoms with Crippen molar-refractivity contribution < 1.29 is 19.1 Å². The summed E-state index contributed by atoms with van der Waals surface area (Å²) in [5, 5.41) is 0.564. The quantitative estimate of drug-likeness (QED) is 0.727. The topological polar surface area (TPSA) is 97.7 Å². The molecule has 0 aliphatic carbocycles. The van der Waals surface area contributed by atoms with Crippen molar-refractivity contribution >= 4 is 22.8 Å². The molecule has 1 aromatic heterocycles. The molecule has 1 unspecified atom stereocenters. The number of nitrogens with two attached hydrogens (primary N) is 1. The van der Waals surface area contributed by atoms with Crippen LogP contribution in [0.2, 0.25) is 0 Å². The molecule has 7 heteroatoms. The van der Waals surface area contributed by atoms with Gasteiger partial charge in [0.2, 0.25) is 0 Å². The lowest BCUT2D eigenvalue weighted by atomic mass is 10.1. The van der Waals surface area contributed by atoms with Crippen LogP contribution in [-0.4, -0.2) is 54.1 Å². The van der Waals surface area contributed by atoms with Gasteiger partial charge in [0.15, 0.2) is 0 Å². The second-order valence-corrected chi connectivity index (χ2v) is 7.31. The number of nitrogens with one attached hydrogen (secondary N) is 1. The van der Waals surface area contributed by atoms with Crippen molar-refractivity contribution in [1.82, 2.24) is 9.88 Å². The van der Waals surface area contributed by atoms with Gasteiger partial charge in [-0.15, -0.1) is 0 Å². The minimum Gasteiger partial charge on any atom is -0.494 e. The molecule has 7 nitrogen and oxygen atoms in total. The van der Waals surface area contributed by atoms with Crippen LogP contribution in [0.4, 0.5) is 0 Å². The number of likely N-dealkylation sites (tertiary alicyclic amines) is 1. The van der Waals surface area contributed by atoms with Gasteiger partial charge in [-0.05, 0) is 64.9 Å². The van der Waals surface area contributed by atoms with Crippen LogP contribution in [-0.2, 0) is 4.74 Å². The van der Waals surface area contributed by atoms with Crippen LogP contribution in [0, 0.1) is 0 Å². The summed E-state index contributed by atoms with van der Waals surface area (Å²) >= 11 is 0. The van der Waals surface area contributed by atoms with Gasteiger partial charge in [0, 0.05) is 16.9 Å². The van der Waals surface area contributed by atoms with Gasteiger partial charge in [-0.3, -0.25) is 4.79 Å². The molecule has 1 aliphatic heterocycles. The SMILES string of the molecule is CC(C)OC(=O)c1[nH]c2ccc(OCCC3CCCN3C)cc2c1C(N)=O. The maximum Gasteiger partial charge on any atom is 0.355 e. The van der Waals surface area contributed by atoms with Crippen LogP contribution < -0.4 is 10.5 Å². The Bertz CT molecular complexity index is 843. The van der Waals surface area contributed by atoms with Gasteiger partial charge in [-0.25, -0.2) is 4.79 Å². The molecular formula is C20H27N3O4. The van der Waals surface area contributed by atoms with Crippen LogP contribution in [0.1, 0.15) is 54.0 Å². The number of amides is 1. The van der Waals surface area contributed by atoms with Gasteiger partial charge in [0.05, 0.1) is 18.3 Å². The van der Waals surface area contributed by atoms with Crippen LogP contribution in [0.25, 0.3) is 10.9 Å². The van der Waals surface area contributed by atoms with E-state index in [4.69, 9.17) is 15.2 Å². The van der Waals surface area contributed by atoms with E-state index < -0.39 is 11.9 Å². The van der Waals surface area contributed by atoms with Crippen LogP contribution in [0.15, 0.2) is 18.2 Å². The number of rotatable bonds is 7. The smallest absolute Gasteiger partial charge is 0.355 e. The molecule has 1 atom stereocenters. The molecule has 1 saturated heterocycles. The summed E-state index contributed by atoms with van der Waals surface area (Å²) in [6.45, 7) is 5.23. The fourth-order valence-electron chi connectivity index (χ4n) is 3.60. The first-order valence-electron chi connectivity index (χ1n) is 9.36. The molecule has 0 saturated carbocycles. The molecule has 2 aromatic rings. The maximum atomic E-state index is 12.3. The summed E-state index contributed by atoms with van der Waals surface area (Å²) in [6, 6.07) is 5.90. The van der Waals surface area contributed by atoms with Gasteiger partial charge >= 0.3 is 5.97 Å². The fourth-order valence-corrected chi connectivity index (χ4v) is 3.60. The number of hydrogen-bond acceptors (Lipinski definition) is 5. The molecule has 1 aromatic carbocycles. The van der Waals surface area contributed by atoms with Crippen molar-refractivity contribution in [3.63, 3.8) is 0 Å². The van der Waals surface area contributed by atoms with E-state index in [9.17, 15) is 9.59 Å². The van der Waals surface area contributed by atoms with Crippen molar-refractivity contribution in [2.45, 2.75) is 45.3 Å². The number of H-pyrrole nitrogens is 1. The van der Waals surface area contributed by atoms with E-state index in [1.54, 1.807) is 26.0 Å². The maximum absolute atomic E-state index is 12.3. The standard InChI is InChI=1S/C20H27N3O4/c1-12(2)27-20(25)18-17(19(21)24)15-11-14(6-7-16(15)22-18)26-10-8-13-5-4-9-23(13)3/h6-7,11-13,22H,4-5,8-10H2,1-3H3,(H2,21,24). The van der Waals surface area contributed by atoms with Crippen molar-refractivity contribution in [1.29, 1.82) is 0 Å². The Kier molecular flexibility index (Phi) is 5.70. The molecule has 1 amide bonds. The highest BCUT2D eigenvalue weighted by molar-refractivity contribution is 6.14. The zero-order chi connectivity index (χ0) is 19.6. The first-order valence-corrected chi connectivity index (χ1v) is 9.36. The zero-order valence-electron chi connectivity index (χ0n) is 16.1. The average molecular weight is 373 g/mol. The minimum atomic E-state index is -0.679. The number of esters is 1. The van der Waals surface area contributed by atoms with Crippen LogP contribution in [0.5, 0.6) is 5.75 Å². The molecule has 0 radical (unpaired) electrons.